The molecule has 0 aliphatic carbocycles. The van der Waals surface area contributed by atoms with Gasteiger partial charge in [-0.15, -0.1) is 0 Å². The number of aliphatic hydroxyl groups is 1. The summed E-state index contributed by atoms with van der Waals surface area (Å²) in [6.45, 7) is 4.96. The summed E-state index contributed by atoms with van der Waals surface area (Å²) in [5.74, 6) is -0.0719. The van der Waals surface area contributed by atoms with Crippen molar-refractivity contribution in [3.8, 4) is 0 Å². The first-order valence-corrected chi connectivity index (χ1v) is 5.67. The van der Waals surface area contributed by atoms with E-state index in [1.807, 2.05) is 0 Å². The van der Waals surface area contributed by atoms with E-state index in [0.717, 1.165) is 0 Å². The van der Waals surface area contributed by atoms with Crippen LogP contribution >= 0.6 is 0 Å². The van der Waals surface area contributed by atoms with E-state index in [1.54, 1.807) is 13.8 Å². The average Bonchev–Trinajstić information content (AvgIpc) is 2.29. The predicted octanol–water partition coefficient (Wildman–Crippen LogP) is -0.371. The highest BCUT2D eigenvalue weighted by Gasteiger charge is 2.40. The largest absolute Gasteiger partial charge is 0.394 e. The fourth-order valence-corrected chi connectivity index (χ4v) is 1.77. The van der Waals surface area contributed by atoms with Gasteiger partial charge in [0.25, 0.3) is 0 Å². The van der Waals surface area contributed by atoms with Crippen molar-refractivity contribution in [2.75, 3.05) is 26.4 Å². The Kier molecular flexibility index (Phi) is 4.29. The fourth-order valence-electron chi connectivity index (χ4n) is 1.77. The molecule has 0 spiro atoms. The maximum absolute atomic E-state index is 12.2. The lowest BCUT2D eigenvalue weighted by molar-refractivity contribution is -0.138. The molecule has 1 aliphatic heterocycles. The summed E-state index contributed by atoms with van der Waals surface area (Å²) in [7, 11) is 0. The van der Waals surface area contributed by atoms with E-state index in [1.165, 1.54) is 0 Å². The summed E-state index contributed by atoms with van der Waals surface area (Å²) in [4.78, 5) is 12.2. The maximum atomic E-state index is 12.2. The third kappa shape index (κ3) is 2.93. The molecule has 1 aliphatic rings. The Bertz CT molecular complexity index is 248. The fraction of sp³-hybridized carbons (Fsp3) is 0.909. The molecule has 5 nitrogen and oxygen atoms in total. The molecule has 0 aromatic rings. The first-order valence-electron chi connectivity index (χ1n) is 5.67. The van der Waals surface area contributed by atoms with Crippen LogP contribution in [0.5, 0.6) is 0 Å². The minimum atomic E-state index is -0.600. The van der Waals surface area contributed by atoms with E-state index in [9.17, 15) is 4.79 Å². The van der Waals surface area contributed by atoms with Gasteiger partial charge in [-0.2, -0.15) is 0 Å². The molecule has 0 aromatic heterocycles. The van der Waals surface area contributed by atoms with E-state index in [0.29, 0.717) is 32.6 Å². The second-order valence-electron chi connectivity index (χ2n) is 5.09. The van der Waals surface area contributed by atoms with Gasteiger partial charge in [-0.1, -0.05) is 0 Å². The van der Waals surface area contributed by atoms with Crippen LogP contribution in [0.2, 0.25) is 0 Å². The molecular formula is C11H22N2O3. The molecule has 0 bridgehead atoms. The van der Waals surface area contributed by atoms with Gasteiger partial charge in [-0.3, -0.25) is 4.79 Å². The summed E-state index contributed by atoms with van der Waals surface area (Å²) in [6.07, 6.45) is 1.30. The Balaban J connectivity index is 2.69. The molecule has 94 valence electrons. The molecule has 5 heteroatoms. The van der Waals surface area contributed by atoms with Gasteiger partial charge in [0.1, 0.15) is 0 Å². The van der Waals surface area contributed by atoms with Crippen LogP contribution in [-0.2, 0) is 9.53 Å². The van der Waals surface area contributed by atoms with Crippen molar-refractivity contribution in [2.45, 2.75) is 32.2 Å². The van der Waals surface area contributed by atoms with Crippen molar-refractivity contribution in [3.05, 3.63) is 0 Å². The van der Waals surface area contributed by atoms with Crippen molar-refractivity contribution in [1.82, 2.24) is 5.32 Å². The number of carbonyl (C=O) groups is 1. The van der Waals surface area contributed by atoms with Gasteiger partial charge >= 0.3 is 0 Å². The van der Waals surface area contributed by atoms with E-state index in [-0.39, 0.29) is 12.5 Å². The maximum Gasteiger partial charge on any atom is 0.228 e. The Hall–Kier alpha value is -0.650. The van der Waals surface area contributed by atoms with Crippen LogP contribution in [0.1, 0.15) is 26.7 Å². The van der Waals surface area contributed by atoms with Gasteiger partial charge in [0.2, 0.25) is 5.91 Å². The highest BCUT2D eigenvalue weighted by Crippen LogP contribution is 2.30. The topological polar surface area (TPSA) is 84.6 Å². The first kappa shape index (κ1) is 13.4. The molecule has 0 radical (unpaired) electrons. The monoisotopic (exact) mass is 230 g/mol. The molecule has 4 N–H and O–H groups in total. The van der Waals surface area contributed by atoms with E-state index < -0.39 is 11.0 Å². The van der Waals surface area contributed by atoms with E-state index in [4.69, 9.17) is 15.6 Å². The number of carbonyl (C=O) groups excluding carboxylic acids is 1. The zero-order chi connectivity index (χ0) is 12.2. The molecule has 1 heterocycles. The quantitative estimate of drug-likeness (QED) is 0.615. The molecule has 1 saturated heterocycles. The van der Waals surface area contributed by atoms with E-state index >= 15 is 0 Å². The highest BCUT2D eigenvalue weighted by molar-refractivity contribution is 5.83. The van der Waals surface area contributed by atoms with Crippen molar-refractivity contribution < 1.29 is 14.6 Å². The van der Waals surface area contributed by atoms with Gasteiger partial charge < -0.3 is 20.9 Å². The van der Waals surface area contributed by atoms with Crippen molar-refractivity contribution in [2.24, 2.45) is 11.1 Å². The van der Waals surface area contributed by atoms with Crippen LogP contribution in [0.15, 0.2) is 0 Å². The SMILES string of the molecule is CC(C)(CO)NC(=O)C1(CN)CCOCC1. The van der Waals surface area contributed by atoms with Crippen molar-refractivity contribution >= 4 is 5.91 Å². The Morgan fingerprint density at radius 3 is 2.50 bits per heavy atom. The summed E-state index contributed by atoms with van der Waals surface area (Å²) < 4.78 is 5.25. The molecule has 0 atom stereocenters. The lowest BCUT2D eigenvalue weighted by Crippen LogP contribution is -2.56. The zero-order valence-corrected chi connectivity index (χ0v) is 10.1. The summed E-state index contributed by atoms with van der Waals surface area (Å²) in [5.41, 5.74) is 4.60. The zero-order valence-electron chi connectivity index (χ0n) is 10.1. The molecule has 0 aromatic carbocycles. The number of ether oxygens (including phenoxy) is 1. The highest BCUT2D eigenvalue weighted by atomic mass is 16.5. The van der Waals surface area contributed by atoms with Gasteiger partial charge in [0.15, 0.2) is 0 Å². The molecule has 0 unspecified atom stereocenters. The van der Waals surface area contributed by atoms with Crippen LogP contribution in [-0.4, -0.2) is 42.9 Å². The second kappa shape index (κ2) is 5.12. The second-order valence-corrected chi connectivity index (χ2v) is 5.09. The Morgan fingerprint density at radius 2 is 2.06 bits per heavy atom. The normalized spacial score (nSPS) is 20.5. The van der Waals surface area contributed by atoms with Gasteiger partial charge in [-0.25, -0.2) is 0 Å². The van der Waals surface area contributed by atoms with Crippen molar-refractivity contribution in [1.29, 1.82) is 0 Å². The summed E-state index contributed by atoms with van der Waals surface area (Å²) in [5, 5.41) is 12.0. The number of rotatable bonds is 4. The summed E-state index contributed by atoms with van der Waals surface area (Å²) in [6, 6.07) is 0. The third-order valence-corrected chi connectivity index (χ3v) is 3.17. The minimum Gasteiger partial charge on any atom is -0.394 e. The van der Waals surface area contributed by atoms with Crippen LogP contribution in [0.3, 0.4) is 0 Å². The number of amides is 1. The third-order valence-electron chi connectivity index (χ3n) is 3.17. The molecule has 1 fully saturated rings. The smallest absolute Gasteiger partial charge is 0.228 e. The molecule has 0 saturated carbocycles. The van der Waals surface area contributed by atoms with Crippen molar-refractivity contribution in [3.63, 3.8) is 0 Å². The number of nitrogens with two attached hydrogens (primary N) is 1. The lowest BCUT2D eigenvalue weighted by Gasteiger charge is -2.37. The van der Waals surface area contributed by atoms with Gasteiger partial charge in [-0.05, 0) is 26.7 Å². The van der Waals surface area contributed by atoms with E-state index in [2.05, 4.69) is 5.32 Å². The van der Waals surface area contributed by atoms with Crippen LogP contribution in [0, 0.1) is 5.41 Å². The van der Waals surface area contributed by atoms with Crippen LogP contribution in [0.25, 0.3) is 0 Å². The standard InChI is InChI=1S/C11H22N2O3/c1-10(2,8-14)13-9(15)11(7-12)3-5-16-6-4-11/h14H,3-8,12H2,1-2H3,(H,13,15). The Labute approximate surface area is 96.3 Å². The number of hydrogen-bond donors (Lipinski definition) is 3. The molecular weight excluding hydrogens is 208 g/mol. The Morgan fingerprint density at radius 1 is 1.50 bits per heavy atom. The summed E-state index contributed by atoms with van der Waals surface area (Å²) >= 11 is 0. The molecule has 16 heavy (non-hydrogen) atoms. The predicted molar refractivity (Wildman–Crippen MR) is 60.8 cm³/mol. The van der Waals surface area contributed by atoms with Gasteiger partial charge in [0, 0.05) is 19.8 Å². The lowest BCUT2D eigenvalue weighted by atomic mass is 9.79. The number of nitrogens with one attached hydrogen (secondary N) is 1. The minimum absolute atomic E-state index is 0.0719. The van der Waals surface area contributed by atoms with Crippen LogP contribution in [0.4, 0.5) is 0 Å². The average molecular weight is 230 g/mol. The first-order chi connectivity index (χ1) is 7.46. The number of aliphatic hydroxyl groups excluding tert-OH is 1. The van der Waals surface area contributed by atoms with Gasteiger partial charge in [0.05, 0.1) is 17.6 Å². The van der Waals surface area contributed by atoms with Crippen LogP contribution < -0.4 is 11.1 Å². The number of hydrogen-bond acceptors (Lipinski definition) is 4. The molecule has 1 rings (SSSR count). The molecule has 1 amide bonds.